The predicted octanol–water partition coefficient (Wildman–Crippen LogP) is 0.371. The van der Waals surface area contributed by atoms with Crippen molar-refractivity contribution in [2.24, 2.45) is 0 Å². The van der Waals surface area contributed by atoms with Crippen LogP contribution >= 0.6 is 0 Å². The molecular formula is C9H20N2O5S. The molecule has 0 saturated carbocycles. The first-order valence-electron chi connectivity index (χ1n) is 4.83. The zero-order valence-electron chi connectivity index (χ0n) is 10.6. The van der Waals surface area contributed by atoms with Crippen molar-refractivity contribution in [2.45, 2.75) is 19.8 Å². The first kappa shape index (κ1) is 18.4. The van der Waals surface area contributed by atoms with Gasteiger partial charge in [-0.15, -0.1) is 0 Å². The average Bonchev–Trinajstić information content (AvgIpc) is 2.17. The van der Waals surface area contributed by atoms with Gasteiger partial charge in [0.1, 0.15) is 0 Å². The van der Waals surface area contributed by atoms with Crippen LogP contribution in [-0.2, 0) is 19.4 Å². The van der Waals surface area contributed by atoms with E-state index in [-0.39, 0.29) is 5.91 Å². The molecule has 0 aliphatic rings. The summed E-state index contributed by atoms with van der Waals surface area (Å²) in [5, 5.41) is 1.61. The molecule has 0 spiro atoms. The molecule has 8 heteroatoms. The molecule has 0 aromatic rings. The summed E-state index contributed by atoms with van der Waals surface area (Å²) in [6, 6.07) is 0. The SMILES string of the molecule is C=C(CCC)C(=O)NN(C)C.COS(=O)(=O)O. The molecule has 0 radical (unpaired) electrons. The van der Waals surface area contributed by atoms with E-state index in [1.165, 1.54) is 0 Å². The molecule has 0 aliphatic heterocycles. The second kappa shape index (κ2) is 9.11. The molecule has 0 heterocycles. The fourth-order valence-corrected chi connectivity index (χ4v) is 0.697. The maximum absolute atomic E-state index is 11.1. The smallest absolute Gasteiger partial charge is 0.286 e. The third-order valence-corrected chi connectivity index (χ3v) is 1.83. The van der Waals surface area contributed by atoms with Gasteiger partial charge in [-0.2, -0.15) is 8.42 Å². The largest absolute Gasteiger partial charge is 0.397 e. The van der Waals surface area contributed by atoms with Crippen LogP contribution in [0.15, 0.2) is 12.2 Å². The summed E-state index contributed by atoms with van der Waals surface area (Å²) < 4.78 is 29.7. The molecule has 2 N–H and O–H groups in total. The number of nitrogens with zero attached hydrogens (tertiary/aromatic N) is 1. The molecule has 0 unspecified atom stereocenters. The molecule has 17 heavy (non-hydrogen) atoms. The molecule has 0 rings (SSSR count). The standard InChI is InChI=1S/C8H16N2O.CH4O4S/c1-5-6-7(2)8(11)9-10(3)4;1-5-6(2,3)4/h2,5-6H2,1,3-4H3,(H,9,11);1H3,(H,2,3,4). The summed E-state index contributed by atoms with van der Waals surface area (Å²) in [5.41, 5.74) is 3.26. The molecule has 0 aliphatic carbocycles. The summed E-state index contributed by atoms with van der Waals surface area (Å²) >= 11 is 0. The molecule has 1 amide bonds. The van der Waals surface area contributed by atoms with Crippen molar-refractivity contribution in [1.29, 1.82) is 0 Å². The molecule has 0 aromatic carbocycles. The van der Waals surface area contributed by atoms with Gasteiger partial charge in [0.2, 0.25) is 0 Å². The number of hydrazine groups is 1. The van der Waals surface area contributed by atoms with E-state index >= 15 is 0 Å². The minimum Gasteiger partial charge on any atom is -0.286 e. The minimum absolute atomic E-state index is 0.0862. The Morgan fingerprint density at radius 2 is 1.88 bits per heavy atom. The van der Waals surface area contributed by atoms with Gasteiger partial charge >= 0.3 is 10.4 Å². The Labute approximate surface area is 102 Å². The summed E-state index contributed by atoms with van der Waals surface area (Å²) in [7, 11) is 0.258. The highest BCUT2D eigenvalue weighted by Crippen LogP contribution is 2.00. The van der Waals surface area contributed by atoms with Crippen LogP contribution in [0, 0.1) is 0 Å². The molecule has 0 bridgehead atoms. The molecule has 0 aromatic heterocycles. The van der Waals surface area contributed by atoms with Gasteiger partial charge in [0.05, 0.1) is 7.11 Å². The van der Waals surface area contributed by atoms with Gasteiger partial charge in [0.15, 0.2) is 0 Å². The van der Waals surface area contributed by atoms with Crippen molar-refractivity contribution in [1.82, 2.24) is 10.4 Å². The van der Waals surface area contributed by atoms with E-state index in [9.17, 15) is 13.2 Å². The van der Waals surface area contributed by atoms with E-state index in [1.54, 1.807) is 19.1 Å². The van der Waals surface area contributed by atoms with Crippen LogP contribution < -0.4 is 5.43 Å². The number of carbonyl (C=O) groups excluding carboxylic acids is 1. The second-order valence-corrected chi connectivity index (χ2v) is 4.47. The van der Waals surface area contributed by atoms with Crippen LogP contribution in [0.3, 0.4) is 0 Å². The zero-order valence-corrected chi connectivity index (χ0v) is 11.4. The van der Waals surface area contributed by atoms with Gasteiger partial charge < -0.3 is 0 Å². The first-order chi connectivity index (χ1) is 7.64. The van der Waals surface area contributed by atoms with Crippen molar-refractivity contribution in [3.05, 3.63) is 12.2 Å². The zero-order chi connectivity index (χ0) is 14.1. The lowest BCUT2D eigenvalue weighted by Crippen LogP contribution is -2.36. The lowest BCUT2D eigenvalue weighted by atomic mass is 10.2. The molecule has 102 valence electrons. The Balaban J connectivity index is 0. The Morgan fingerprint density at radius 1 is 1.47 bits per heavy atom. The summed E-state index contributed by atoms with van der Waals surface area (Å²) in [5.74, 6) is -0.0862. The van der Waals surface area contributed by atoms with Crippen LogP contribution in [-0.4, -0.2) is 45.1 Å². The summed E-state index contributed by atoms with van der Waals surface area (Å²) in [6.07, 6.45) is 1.72. The van der Waals surface area contributed by atoms with E-state index in [1.807, 2.05) is 6.92 Å². The fraction of sp³-hybridized carbons (Fsp3) is 0.667. The Hall–Kier alpha value is -0.960. The number of amides is 1. The quantitative estimate of drug-likeness (QED) is 0.425. The molecule has 0 fully saturated rings. The topological polar surface area (TPSA) is 95.9 Å². The Bertz CT molecular complexity index is 337. The van der Waals surface area contributed by atoms with E-state index in [0.29, 0.717) is 5.57 Å². The van der Waals surface area contributed by atoms with Crippen molar-refractivity contribution < 1.29 is 21.9 Å². The second-order valence-electron chi connectivity index (χ2n) is 3.28. The van der Waals surface area contributed by atoms with E-state index in [2.05, 4.69) is 16.2 Å². The van der Waals surface area contributed by atoms with Crippen molar-refractivity contribution in [3.63, 3.8) is 0 Å². The minimum atomic E-state index is -4.16. The van der Waals surface area contributed by atoms with E-state index in [0.717, 1.165) is 20.0 Å². The van der Waals surface area contributed by atoms with Gasteiger partial charge in [-0.1, -0.05) is 19.9 Å². The van der Waals surface area contributed by atoms with Gasteiger partial charge in [-0.05, 0) is 6.42 Å². The van der Waals surface area contributed by atoms with Crippen LogP contribution in [0.2, 0.25) is 0 Å². The number of carbonyl (C=O) groups is 1. The summed E-state index contributed by atoms with van der Waals surface area (Å²) in [4.78, 5) is 11.1. The third kappa shape index (κ3) is 15.0. The van der Waals surface area contributed by atoms with Crippen LogP contribution in [0.4, 0.5) is 0 Å². The van der Waals surface area contributed by atoms with Crippen LogP contribution in [0.1, 0.15) is 19.8 Å². The highest BCUT2D eigenvalue weighted by molar-refractivity contribution is 7.80. The highest BCUT2D eigenvalue weighted by Gasteiger charge is 2.04. The Morgan fingerprint density at radius 3 is 2.12 bits per heavy atom. The van der Waals surface area contributed by atoms with E-state index in [4.69, 9.17) is 4.55 Å². The highest BCUT2D eigenvalue weighted by atomic mass is 32.3. The molecule has 0 atom stereocenters. The number of hydrogen-bond acceptors (Lipinski definition) is 5. The maximum atomic E-state index is 11.1. The third-order valence-electron chi connectivity index (χ3n) is 1.41. The van der Waals surface area contributed by atoms with E-state index < -0.39 is 10.4 Å². The van der Waals surface area contributed by atoms with Gasteiger partial charge in [-0.3, -0.25) is 19.0 Å². The van der Waals surface area contributed by atoms with Gasteiger partial charge in [0, 0.05) is 19.7 Å². The van der Waals surface area contributed by atoms with Crippen molar-refractivity contribution in [3.8, 4) is 0 Å². The van der Waals surface area contributed by atoms with Crippen LogP contribution in [0.5, 0.6) is 0 Å². The van der Waals surface area contributed by atoms with Gasteiger partial charge in [0.25, 0.3) is 5.91 Å². The van der Waals surface area contributed by atoms with Crippen molar-refractivity contribution in [2.75, 3.05) is 21.2 Å². The number of hydrogen-bond donors (Lipinski definition) is 2. The molecule has 7 nitrogen and oxygen atoms in total. The maximum Gasteiger partial charge on any atom is 0.397 e. The fourth-order valence-electron chi connectivity index (χ4n) is 0.697. The monoisotopic (exact) mass is 268 g/mol. The number of nitrogens with one attached hydrogen (secondary N) is 1. The van der Waals surface area contributed by atoms with Gasteiger partial charge in [-0.25, -0.2) is 5.01 Å². The lowest BCUT2D eigenvalue weighted by Gasteiger charge is -2.12. The van der Waals surface area contributed by atoms with Crippen molar-refractivity contribution >= 4 is 16.3 Å². The first-order valence-corrected chi connectivity index (χ1v) is 6.19. The average molecular weight is 268 g/mol. The Kier molecular flexibility index (Phi) is 9.86. The molecule has 0 saturated heterocycles. The number of rotatable bonds is 5. The predicted molar refractivity (Wildman–Crippen MR) is 64.4 cm³/mol. The molecular weight excluding hydrogens is 248 g/mol. The van der Waals surface area contributed by atoms with Crippen LogP contribution in [0.25, 0.3) is 0 Å². The summed E-state index contributed by atoms with van der Waals surface area (Å²) in [6.45, 7) is 5.68. The normalized spacial score (nSPS) is 10.5. The lowest BCUT2D eigenvalue weighted by molar-refractivity contribution is -0.121.